The van der Waals surface area contributed by atoms with Gasteiger partial charge in [0.15, 0.2) is 0 Å². The first-order valence-corrected chi connectivity index (χ1v) is 9.08. The maximum atomic E-state index is 14.0. The summed E-state index contributed by atoms with van der Waals surface area (Å²) in [6, 6.07) is 9.10. The molecule has 0 spiro atoms. The smallest absolute Gasteiger partial charge is 0.258 e. The SMILES string of the molecule is COc1cc(OC)cc(C(=O)N2CCN(C(=O)c3c(F)cccc3Cl)CC2)c1. The summed E-state index contributed by atoms with van der Waals surface area (Å²) in [7, 11) is 3.03. The summed E-state index contributed by atoms with van der Waals surface area (Å²) in [6.45, 7) is 1.24. The monoisotopic (exact) mass is 406 g/mol. The number of piperazine rings is 1. The Morgan fingerprint density at radius 3 is 1.96 bits per heavy atom. The predicted molar refractivity (Wildman–Crippen MR) is 103 cm³/mol. The fourth-order valence-corrected chi connectivity index (χ4v) is 3.33. The van der Waals surface area contributed by atoms with Crippen LogP contribution in [-0.4, -0.2) is 62.0 Å². The van der Waals surface area contributed by atoms with Gasteiger partial charge in [0.1, 0.15) is 17.3 Å². The Morgan fingerprint density at radius 2 is 1.46 bits per heavy atom. The van der Waals surface area contributed by atoms with Gasteiger partial charge in [-0.05, 0) is 24.3 Å². The molecular formula is C20H20ClFN2O4. The standard InChI is InChI=1S/C20H20ClFN2O4/c1-27-14-10-13(11-15(12-14)28-2)19(25)23-6-8-24(9-7-23)20(26)18-16(21)4-3-5-17(18)22/h3-5,10-12H,6-9H2,1-2H3. The number of ether oxygens (including phenoxy) is 2. The second-order valence-corrected chi connectivity index (χ2v) is 6.69. The summed E-state index contributed by atoms with van der Waals surface area (Å²) in [4.78, 5) is 28.6. The van der Waals surface area contributed by atoms with Crippen molar-refractivity contribution >= 4 is 23.4 Å². The molecular weight excluding hydrogens is 387 g/mol. The number of amides is 2. The van der Waals surface area contributed by atoms with Crippen LogP contribution in [0.25, 0.3) is 0 Å². The van der Waals surface area contributed by atoms with Gasteiger partial charge in [-0.1, -0.05) is 17.7 Å². The molecule has 2 aromatic rings. The molecule has 0 aromatic heterocycles. The van der Waals surface area contributed by atoms with Gasteiger partial charge in [0.25, 0.3) is 11.8 Å². The summed E-state index contributed by atoms with van der Waals surface area (Å²) < 4.78 is 24.4. The second kappa shape index (κ2) is 8.48. The maximum absolute atomic E-state index is 14.0. The van der Waals surface area contributed by atoms with Gasteiger partial charge in [0.05, 0.1) is 24.8 Å². The highest BCUT2D eigenvalue weighted by Crippen LogP contribution is 2.25. The lowest BCUT2D eigenvalue weighted by molar-refractivity contribution is 0.0532. The normalized spacial score (nSPS) is 14.0. The van der Waals surface area contributed by atoms with E-state index in [0.717, 1.165) is 0 Å². The Labute approximate surface area is 167 Å². The van der Waals surface area contributed by atoms with Crippen molar-refractivity contribution in [3.05, 3.63) is 58.4 Å². The molecule has 1 aliphatic heterocycles. The van der Waals surface area contributed by atoms with Gasteiger partial charge in [-0.2, -0.15) is 0 Å². The number of hydrogen-bond donors (Lipinski definition) is 0. The van der Waals surface area contributed by atoms with Crippen molar-refractivity contribution in [2.75, 3.05) is 40.4 Å². The highest BCUT2D eigenvalue weighted by atomic mass is 35.5. The second-order valence-electron chi connectivity index (χ2n) is 6.28. The first-order valence-electron chi connectivity index (χ1n) is 8.70. The Balaban J connectivity index is 1.70. The van der Waals surface area contributed by atoms with Crippen molar-refractivity contribution in [1.82, 2.24) is 9.80 Å². The molecule has 0 bridgehead atoms. The Morgan fingerprint density at radius 1 is 0.929 bits per heavy atom. The van der Waals surface area contributed by atoms with Crippen LogP contribution >= 0.6 is 11.6 Å². The van der Waals surface area contributed by atoms with Crippen LogP contribution in [0.3, 0.4) is 0 Å². The molecule has 2 aromatic carbocycles. The molecule has 0 saturated carbocycles. The van der Waals surface area contributed by atoms with Gasteiger partial charge in [0.2, 0.25) is 0 Å². The number of rotatable bonds is 4. The first-order chi connectivity index (χ1) is 13.4. The van der Waals surface area contributed by atoms with E-state index in [4.69, 9.17) is 21.1 Å². The molecule has 1 aliphatic rings. The van der Waals surface area contributed by atoms with Crippen LogP contribution in [0.15, 0.2) is 36.4 Å². The number of carbonyl (C=O) groups is 2. The van der Waals surface area contributed by atoms with E-state index in [0.29, 0.717) is 30.2 Å². The molecule has 0 unspecified atom stereocenters. The minimum Gasteiger partial charge on any atom is -0.497 e. The van der Waals surface area contributed by atoms with E-state index in [1.807, 2.05) is 0 Å². The number of carbonyl (C=O) groups excluding carboxylic acids is 2. The molecule has 2 amide bonds. The van der Waals surface area contributed by atoms with E-state index < -0.39 is 11.7 Å². The lowest BCUT2D eigenvalue weighted by Gasteiger charge is -2.35. The average Bonchev–Trinajstić information content (AvgIpc) is 2.72. The van der Waals surface area contributed by atoms with Crippen molar-refractivity contribution < 1.29 is 23.5 Å². The number of hydrogen-bond acceptors (Lipinski definition) is 4. The van der Waals surface area contributed by atoms with Crippen LogP contribution in [0.2, 0.25) is 5.02 Å². The minimum absolute atomic E-state index is 0.0759. The highest BCUT2D eigenvalue weighted by molar-refractivity contribution is 6.33. The van der Waals surface area contributed by atoms with Crippen LogP contribution in [0, 0.1) is 5.82 Å². The summed E-state index contributed by atoms with van der Waals surface area (Å²) >= 11 is 5.98. The predicted octanol–water partition coefficient (Wildman–Crippen LogP) is 3.09. The van der Waals surface area contributed by atoms with Gasteiger partial charge < -0.3 is 19.3 Å². The molecule has 0 radical (unpaired) electrons. The summed E-state index contributed by atoms with van der Waals surface area (Å²) in [6.07, 6.45) is 0. The van der Waals surface area contributed by atoms with Crippen molar-refractivity contribution in [1.29, 1.82) is 0 Å². The van der Waals surface area contributed by atoms with E-state index in [2.05, 4.69) is 0 Å². The van der Waals surface area contributed by atoms with Gasteiger partial charge >= 0.3 is 0 Å². The van der Waals surface area contributed by atoms with Crippen LogP contribution in [0.4, 0.5) is 4.39 Å². The third-order valence-corrected chi connectivity index (χ3v) is 4.94. The van der Waals surface area contributed by atoms with Crippen LogP contribution in [0.5, 0.6) is 11.5 Å². The van der Waals surface area contributed by atoms with Gasteiger partial charge in [0, 0.05) is 37.8 Å². The lowest BCUT2D eigenvalue weighted by Crippen LogP contribution is -2.50. The van der Waals surface area contributed by atoms with E-state index in [1.165, 1.54) is 37.3 Å². The lowest BCUT2D eigenvalue weighted by atomic mass is 10.1. The van der Waals surface area contributed by atoms with E-state index in [9.17, 15) is 14.0 Å². The summed E-state index contributed by atoms with van der Waals surface area (Å²) in [5.41, 5.74) is 0.301. The maximum Gasteiger partial charge on any atom is 0.258 e. The van der Waals surface area contributed by atoms with Crippen molar-refractivity contribution in [3.63, 3.8) is 0 Å². The number of nitrogens with zero attached hydrogens (tertiary/aromatic N) is 2. The summed E-state index contributed by atoms with van der Waals surface area (Å²) in [5.74, 6) is -0.276. The zero-order chi connectivity index (χ0) is 20.3. The number of methoxy groups -OCH3 is 2. The average molecular weight is 407 g/mol. The minimum atomic E-state index is -0.653. The summed E-state index contributed by atoms with van der Waals surface area (Å²) in [5, 5.41) is 0.0759. The van der Waals surface area contributed by atoms with Crippen molar-refractivity contribution in [2.24, 2.45) is 0 Å². The third kappa shape index (κ3) is 4.04. The Kier molecular flexibility index (Phi) is 6.04. The van der Waals surface area contributed by atoms with Crippen LogP contribution in [0.1, 0.15) is 20.7 Å². The molecule has 0 atom stereocenters. The Bertz CT molecular complexity index is 855. The van der Waals surface area contributed by atoms with E-state index >= 15 is 0 Å². The molecule has 28 heavy (non-hydrogen) atoms. The molecule has 1 heterocycles. The van der Waals surface area contributed by atoms with E-state index in [-0.39, 0.29) is 29.6 Å². The zero-order valence-electron chi connectivity index (χ0n) is 15.6. The molecule has 0 aliphatic carbocycles. The Hall–Kier alpha value is -2.80. The number of benzene rings is 2. The molecule has 8 heteroatoms. The van der Waals surface area contributed by atoms with Gasteiger partial charge in [-0.15, -0.1) is 0 Å². The molecule has 3 rings (SSSR count). The van der Waals surface area contributed by atoms with Gasteiger partial charge in [-0.3, -0.25) is 9.59 Å². The highest BCUT2D eigenvalue weighted by Gasteiger charge is 2.28. The van der Waals surface area contributed by atoms with Crippen LogP contribution in [-0.2, 0) is 0 Å². The quantitative estimate of drug-likeness (QED) is 0.783. The molecule has 0 N–H and O–H groups in total. The fourth-order valence-electron chi connectivity index (χ4n) is 3.09. The number of halogens is 2. The molecule has 6 nitrogen and oxygen atoms in total. The topological polar surface area (TPSA) is 59.1 Å². The van der Waals surface area contributed by atoms with Gasteiger partial charge in [-0.25, -0.2) is 4.39 Å². The molecule has 1 saturated heterocycles. The van der Waals surface area contributed by atoms with Crippen molar-refractivity contribution in [2.45, 2.75) is 0 Å². The van der Waals surface area contributed by atoms with E-state index in [1.54, 1.807) is 23.1 Å². The molecule has 1 fully saturated rings. The first kappa shape index (κ1) is 19.9. The zero-order valence-corrected chi connectivity index (χ0v) is 16.3. The third-order valence-electron chi connectivity index (χ3n) is 4.63. The largest absolute Gasteiger partial charge is 0.497 e. The fraction of sp³-hybridized carbons (Fsp3) is 0.300. The van der Waals surface area contributed by atoms with Crippen molar-refractivity contribution in [3.8, 4) is 11.5 Å². The molecule has 148 valence electrons. The van der Waals surface area contributed by atoms with Crippen LogP contribution < -0.4 is 9.47 Å².